The van der Waals surface area contributed by atoms with Crippen LogP contribution in [0, 0.1) is 5.92 Å². The van der Waals surface area contributed by atoms with Crippen molar-refractivity contribution in [2.75, 3.05) is 0 Å². The summed E-state index contributed by atoms with van der Waals surface area (Å²) in [7, 11) is 0. The zero-order chi connectivity index (χ0) is 13.9. The van der Waals surface area contributed by atoms with E-state index in [9.17, 15) is 9.59 Å². The molecule has 1 saturated heterocycles. The third kappa shape index (κ3) is 7.14. The molecule has 0 spiro atoms. The molecule has 1 aliphatic rings. The van der Waals surface area contributed by atoms with Gasteiger partial charge < -0.3 is 4.74 Å². The van der Waals surface area contributed by atoms with Crippen molar-refractivity contribution in [3.8, 4) is 0 Å². The Labute approximate surface area is 116 Å². The molecule has 0 aromatic rings. The summed E-state index contributed by atoms with van der Waals surface area (Å²) < 4.78 is 4.53. The van der Waals surface area contributed by atoms with E-state index in [1.165, 1.54) is 32.1 Å². The van der Waals surface area contributed by atoms with Crippen LogP contribution in [0.3, 0.4) is 0 Å². The lowest BCUT2D eigenvalue weighted by Gasteiger charge is -2.03. The average molecular weight is 266 g/mol. The van der Waals surface area contributed by atoms with Gasteiger partial charge in [-0.15, -0.1) is 0 Å². The van der Waals surface area contributed by atoms with E-state index in [0.717, 1.165) is 25.7 Å². The largest absolute Gasteiger partial charge is 0.393 e. The van der Waals surface area contributed by atoms with Crippen molar-refractivity contribution >= 4 is 11.9 Å². The van der Waals surface area contributed by atoms with Crippen LogP contribution in [0.1, 0.15) is 71.1 Å². The third-order valence-corrected chi connectivity index (χ3v) is 3.53. The van der Waals surface area contributed by atoms with Crippen molar-refractivity contribution in [3.05, 3.63) is 12.2 Å². The first-order valence-corrected chi connectivity index (χ1v) is 7.63. The Balaban J connectivity index is 1.90. The second-order valence-electron chi connectivity index (χ2n) is 5.30. The van der Waals surface area contributed by atoms with Gasteiger partial charge in [-0.05, 0) is 25.7 Å². The van der Waals surface area contributed by atoms with E-state index < -0.39 is 0 Å². The number of cyclic esters (lactones) is 2. The maximum Gasteiger partial charge on any atom is 0.317 e. The summed E-state index contributed by atoms with van der Waals surface area (Å²) in [5.41, 5.74) is 0. The van der Waals surface area contributed by atoms with Crippen molar-refractivity contribution in [2.45, 2.75) is 71.1 Å². The summed E-state index contributed by atoms with van der Waals surface area (Å²) in [6.45, 7) is 2.21. The number of esters is 2. The summed E-state index contributed by atoms with van der Waals surface area (Å²) in [5, 5.41) is 0. The molecule has 0 aromatic carbocycles. The minimum Gasteiger partial charge on any atom is -0.393 e. The Kier molecular flexibility index (Phi) is 8.19. The molecule has 0 saturated carbocycles. The van der Waals surface area contributed by atoms with Gasteiger partial charge in [0.25, 0.3) is 0 Å². The SMILES string of the molecule is CCCCC=CCCCCCCC1CC(=O)OC1=O. The van der Waals surface area contributed by atoms with Gasteiger partial charge in [0.15, 0.2) is 0 Å². The van der Waals surface area contributed by atoms with E-state index in [2.05, 4.69) is 23.8 Å². The van der Waals surface area contributed by atoms with Crippen LogP contribution in [-0.4, -0.2) is 11.9 Å². The Morgan fingerprint density at radius 1 is 1.05 bits per heavy atom. The summed E-state index contributed by atoms with van der Waals surface area (Å²) in [6.07, 6.45) is 15.1. The lowest BCUT2D eigenvalue weighted by atomic mass is 9.99. The van der Waals surface area contributed by atoms with Crippen LogP contribution in [-0.2, 0) is 14.3 Å². The van der Waals surface area contributed by atoms with Crippen LogP contribution in [0.5, 0.6) is 0 Å². The summed E-state index contributed by atoms with van der Waals surface area (Å²) >= 11 is 0. The molecule has 1 heterocycles. The fraction of sp³-hybridized carbons (Fsp3) is 0.750. The van der Waals surface area contributed by atoms with Gasteiger partial charge >= 0.3 is 11.9 Å². The van der Waals surface area contributed by atoms with Crippen molar-refractivity contribution in [2.24, 2.45) is 5.92 Å². The van der Waals surface area contributed by atoms with Gasteiger partial charge in [0.2, 0.25) is 0 Å². The molecule has 0 N–H and O–H groups in total. The van der Waals surface area contributed by atoms with Crippen LogP contribution in [0.25, 0.3) is 0 Å². The summed E-state index contributed by atoms with van der Waals surface area (Å²) in [6, 6.07) is 0. The number of carbonyl (C=O) groups excluding carboxylic acids is 2. The normalized spacial score (nSPS) is 19.3. The molecule has 1 fully saturated rings. The third-order valence-electron chi connectivity index (χ3n) is 3.53. The fourth-order valence-electron chi connectivity index (χ4n) is 2.31. The summed E-state index contributed by atoms with van der Waals surface area (Å²) in [5.74, 6) is -0.836. The number of ether oxygens (including phenoxy) is 1. The molecule has 1 aliphatic heterocycles. The van der Waals surface area contributed by atoms with E-state index in [4.69, 9.17) is 0 Å². The molecular weight excluding hydrogens is 240 g/mol. The first-order valence-electron chi connectivity index (χ1n) is 7.63. The first kappa shape index (κ1) is 15.9. The van der Waals surface area contributed by atoms with Gasteiger partial charge in [-0.25, -0.2) is 0 Å². The molecule has 1 rings (SSSR count). The van der Waals surface area contributed by atoms with Gasteiger partial charge in [0, 0.05) is 0 Å². The number of hydrogen-bond donors (Lipinski definition) is 0. The molecule has 0 aliphatic carbocycles. The second kappa shape index (κ2) is 9.76. The number of unbranched alkanes of at least 4 members (excludes halogenated alkanes) is 6. The maximum absolute atomic E-state index is 11.2. The Hall–Kier alpha value is -1.12. The predicted molar refractivity (Wildman–Crippen MR) is 75.6 cm³/mol. The quantitative estimate of drug-likeness (QED) is 0.258. The topological polar surface area (TPSA) is 43.4 Å². The van der Waals surface area contributed by atoms with Crippen molar-refractivity contribution in [3.63, 3.8) is 0 Å². The molecule has 1 atom stereocenters. The van der Waals surface area contributed by atoms with Crippen LogP contribution in [0.4, 0.5) is 0 Å². The lowest BCUT2D eigenvalue weighted by molar-refractivity contribution is -0.153. The minimum absolute atomic E-state index is 0.165. The predicted octanol–water partition coefficient (Wildman–Crippen LogP) is 4.16. The highest BCUT2D eigenvalue weighted by Gasteiger charge is 2.32. The van der Waals surface area contributed by atoms with Crippen LogP contribution < -0.4 is 0 Å². The number of allylic oxidation sites excluding steroid dienone is 2. The van der Waals surface area contributed by atoms with E-state index in [0.29, 0.717) is 6.42 Å². The molecule has 1 unspecified atom stereocenters. The Bertz CT molecular complexity index is 307. The maximum atomic E-state index is 11.2. The zero-order valence-electron chi connectivity index (χ0n) is 12.0. The molecule has 0 amide bonds. The van der Waals surface area contributed by atoms with Gasteiger partial charge in [-0.2, -0.15) is 0 Å². The lowest BCUT2D eigenvalue weighted by Crippen LogP contribution is -2.06. The highest BCUT2D eigenvalue weighted by Crippen LogP contribution is 2.22. The zero-order valence-corrected chi connectivity index (χ0v) is 12.0. The molecule has 3 heteroatoms. The molecule has 19 heavy (non-hydrogen) atoms. The van der Waals surface area contributed by atoms with E-state index in [1.807, 2.05) is 0 Å². The molecule has 0 bridgehead atoms. The standard InChI is InChI=1S/C16H26O3/c1-2-3-4-5-6-7-8-9-10-11-12-14-13-15(17)19-16(14)18/h5-6,14H,2-4,7-13H2,1H3. The highest BCUT2D eigenvalue weighted by atomic mass is 16.6. The molecule has 108 valence electrons. The van der Waals surface area contributed by atoms with E-state index in [-0.39, 0.29) is 17.9 Å². The molecular formula is C16H26O3. The second-order valence-corrected chi connectivity index (χ2v) is 5.30. The Morgan fingerprint density at radius 2 is 1.74 bits per heavy atom. The Morgan fingerprint density at radius 3 is 2.37 bits per heavy atom. The average Bonchev–Trinajstić information content (AvgIpc) is 2.70. The molecule has 0 aromatic heterocycles. The van der Waals surface area contributed by atoms with Crippen molar-refractivity contribution in [1.29, 1.82) is 0 Å². The van der Waals surface area contributed by atoms with Gasteiger partial charge in [0.1, 0.15) is 0 Å². The van der Waals surface area contributed by atoms with Crippen molar-refractivity contribution < 1.29 is 14.3 Å². The van der Waals surface area contributed by atoms with E-state index in [1.54, 1.807) is 0 Å². The first-order chi connectivity index (χ1) is 9.24. The highest BCUT2D eigenvalue weighted by molar-refractivity contribution is 5.94. The summed E-state index contributed by atoms with van der Waals surface area (Å²) in [4.78, 5) is 22.1. The monoisotopic (exact) mass is 266 g/mol. The fourth-order valence-corrected chi connectivity index (χ4v) is 2.31. The van der Waals surface area contributed by atoms with Crippen molar-refractivity contribution in [1.82, 2.24) is 0 Å². The minimum atomic E-state index is -0.354. The van der Waals surface area contributed by atoms with Crippen LogP contribution in [0.15, 0.2) is 12.2 Å². The van der Waals surface area contributed by atoms with E-state index >= 15 is 0 Å². The number of carbonyl (C=O) groups is 2. The van der Waals surface area contributed by atoms with Gasteiger partial charge in [-0.3, -0.25) is 9.59 Å². The van der Waals surface area contributed by atoms with Gasteiger partial charge in [0.05, 0.1) is 12.3 Å². The molecule has 3 nitrogen and oxygen atoms in total. The van der Waals surface area contributed by atoms with Crippen LogP contribution >= 0.6 is 0 Å². The van der Waals surface area contributed by atoms with Gasteiger partial charge in [-0.1, -0.05) is 51.2 Å². The molecule has 0 radical (unpaired) electrons. The number of rotatable bonds is 10. The smallest absolute Gasteiger partial charge is 0.317 e. The van der Waals surface area contributed by atoms with Crippen LogP contribution in [0.2, 0.25) is 0 Å². The number of hydrogen-bond acceptors (Lipinski definition) is 3.